The van der Waals surface area contributed by atoms with Crippen molar-refractivity contribution in [2.75, 3.05) is 31.5 Å². The van der Waals surface area contributed by atoms with Crippen LogP contribution < -0.4 is 14.8 Å². The molecular formula is C19H23N3O4S. The molecule has 0 spiro atoms. The highest BCUT2D eigenvalue weighted by atomic mass is 32.2. The van der Waals surface area contributed by atoms with Gasteiger partial charge in [0.1, 0.15) is 5.75 Å². The van der Waals surface area contributed by atoms with Crippen LogP contribution in [0.4, 0.5) is 5.69 Å². The highest BCUT2D eigenvalue weighted by molar-refractivity contribution is 7.92. The highest BCUT2D eigenvalue weighted by Crippen LogP contribution is 2.20. The summed E-state index contributed by atoms with van der Waals surface area (Å²) in [6.45, 7) is 4.14. The topological polar surface area (TPSA) is 87.7 Å². The Morgan fingerprint density at radius 1 is 1.15 bits per heavy atom. The summed E-state index contributed by atoms with van der Waals surface area (Å²) in [5.41, 5.74) is 0.915. The molecule has 0 aromatic heterocycles. The van der Waals surface area contributed by atoms with Gasteiger partial charge in [0.15, 0.2) is 0 Å². The molecule has 2 N–H and O–H groups in total. The number of sulfonamides is 1. The quantitative estimate of drug-likeness (QED) is 0.816. The van der Waals surface area contributed by atoms with Crippen molar-refractivity contribution in [3.8, 4) is 5.75 Å². The molecule has 1 aliphatic rings. The van der Waals surface area contributed by atoms with Crippen LogP contribution in [0.2, 0.25) is 0 Å². The summed E-state index contributed by atoms with van der Waals surface area (Å²) in [6.07, 6.45) is 0. The van der Waals surface area contributed by atoms with Crippen molar-refractivity contribution >= 4 is 21.6 Å². The smallest absolute Gasteiger partial charge is 0.261 e. The number of hydrogen-bond donors (Lipinski definition) is 2. The number of nitrogens with one attached hydrogen (secondary N) is 2. The van der Waals surface area contributed by atoms with Gasteiger partial charge in [0, 0.05) is 36.9 Å². The number of amides is 1. The number of hydrogen-bond acceptors (Lipinski definition) is 5. The number of benzene rings is 2. The van der Waals surface area contributed by atoms with Gasteiger partial charge >= 0.3 is 0 Å². The first kappa shape index (κ1) is 19.2. The lowest BCUT2D eigenvalue weighted by molar-refractivity contribution is 0.0655. The highest BCUT2D eigenvalue weighted by Gasteiger charge is 2.24. The van der Waals surface area contributed by atoms with E-state index in [1.165, 1.54) is 12.1 Å². The molecule has 0 saturated carbocycles. The van der Waals surface area contributed by atoms with Gasteiger partial charge in [0.2, 0.25) is 0 Å². The molecule has 1 aliphatic heterocycles. The van der Waals surface area contributed by atoms with E-state index < -0.39 is 10.0 Å². The Morgan fingerprint density at radius 2 is 1.81 bits per heavy atom. The predicted octanol–water partition coefficient (Wildman–Crippen LogP) is 1.93. The van der Waals surface area contributed by atoms with E-state index in [4.69, 9.17) is 4.74 Å². The molecule has 7 nitrogen and oxygen atoms in total. The second-order valence-corrected chi connectivity index (χ2v) is 8.09. The van der Waals surface area contributed by atoms with Crippen LogP contribution in [0, 0.1) is 0 Å². The van der Waals surface area contributed by atoms with E-state index in [9.17, 15) is 13.2 Å². The summed E-state index contributed by atoms with van der Waals surface area (Å²) in [5, 5.41) is 3.24. The molecule has 1 amide bonds. The SMILES string of the molecule is COc1ccc(NS(=O)(=O)c2ccc(C(=O)N3CCNCC3C)cc2)cc1. The zero-order valence-corrected chi connectivity index (χ0v) is 16.1. The zero-order valence-electron chi connectivity index (χ0n) is 15.3. The Labute approximate surface area is 159 Å². The monoisotopic (exact) mass is 389 g/mol. The minimum atomic E-state index is -3.74. The summed E-state index contributed by atoms with van der Waals surface area (Å²) < 4.78 is 32.7. The van der Waals surface area contributed by atoms with Gasteiger partial charge in [-0.25, -0.2) is 8.42 Å². The van der Waals surface area contributed by atoms with Crippen molar-refractivity contribution < 1.29 is 17.9 Å². The molecular weight excluding hydrogens is 366 g/mol. The van der Waals surface area contributed by atoms with Gasteiger partial charge < -0.3 is 15.0 Å². The molecule has 1 unspecified atom stereocenters. The van der Waals surface area contributed by atoms with E-state index in [0.717, 1.165) is 13.1 Å². The van der Waals surface area contributed by atoms with Crippen molar-refractivity contribution in [2.45, 2.75) is 17.9 Å². The summed E-state index contributed by atoms with van der Waals surface area (Å²) in [4.78, 5) is 14.5. The van der Waals surface area contributed by atoms with Gasteiger partial charge in [-0.2, -0.15) is 0 Å². The summed E-state index contributed by atoms with van der Waals surface area (Å²) in [5.74, 6) is 0.555. The standard InChI is InChI=1S/C19H23N3O4S/c1-14-13-20-11-12-22(14)19(23)15-3-9-18(10-4-15)27(24,25)21-16-5-7-17(26-2)8-6-16/h3-10,14,20-21H,11-13H2,1-2H3. The third-order valence-electron chi connectivity index (χ3n) is 4.52. The molecule has 3 rings (SSSR count). The molecule has 0 aliphatic carbocycles. The van der Waals surface area contributed by atoms with Crippen LogP contribution in [0.5, 0.6) is 5.75 Å². The van der Waals surface area contributed by atoms with Crippen LogP contribution in [0.15, 0.2) is 53.4 Å². The van der Waals surface area contributed by atoms with Gasteiger partial charge in [-0.3, -0.25) is 9.52 Å². The number of rotatable bonds is 5. The van der Waals surface area contributed by atoms with Crippen molar-refractivity contribution in [3.05, 3.63) is 54.1 Å². The number of ether oxygens (including phenoxy) is 1. The van der Waals surface area contributed by atoms with E-state index in [1.54, 1.807) is 48.4 Å². The number of carbonyl (C=O) groups excluding carboxylic acids is 1. The van der Waals surface area contributed by atoms with Crippen LogP contribution >= 0.6 is 0 Å². The van der Waals surface area contributed by atoms with E-state index >= 15 is 0 Å². The third-order valence-corrected chi connectivity index (χ3v) is 5.91. The van der Waals surface area contributed by atoms with Gasteiger partial charge in [0.25, 0.3) is 15.9 Å². The Balaban J connectivity index is 1.74. The lowest BCUT2D eigenvalue weighted by Crippen LogP contribution is -2.52. The fourth-order valence-corrected chi connectivity index (χ4v) is 4.02. The molecule has 27 heavy (non-hydrogen) atoms. The predicted molar refractivity (Wildman–Crippen MR) is 104 cm³/mol. The zero-order chi connectivity index (χ0) is 19.4. The average Bonchev–Trinajstić information content (AvgIpc) is 2.68. The van der Waals surface area contributed by atoms with Gasteiger partial charge in [-0.05, 0) is 55.5 Å². The number of anilines is 1. The first-order valence-corrected chi connectivity index (χ1v) is 10.2. The maximum absolute atomic E-state index is 12.6. The Morgan fingerprint density at radius 3 is 2.41 bits per heavy atom. The van der Waals surface area contributed by atoms with Crippen molar-refractivity contribution in [3.63, 3.8) is 0 Å². The van der Waals surface area contributed by atoms with Gasteiger partial charge in [-0.1, -0.05) is 0 Å². The number of piperazine rings is 1. The molecule has 1 atom stereocenters. The molecule has 0 bridgehead atoms. The van der Waals surface area contributed by atoms with Crippen LogP contribution in [0.1, 0.15) is 17.3 Å². The molecule has 2 aromatic carbocycles. The summed E-state index contributed by atoms with van der Waals surface area (Å²) in [7, 11) is -2.19. The van der Waals surface area contributed by atoms with Crippen molar-refractivity contribution in [2.24, 2.45) is 0 Å². The fourth-order valence-electron chi connectivity index (χ4n) is 2.96. The van der Waals surface area contributed by atoms with Crippen LogP contribution in [0.3, 0.4) is 0 Å². The lowest BCUT2D eigenvalue weighted by atomic mass is 10.1. The second-order valence-electron chi connectivity index (χ2n) is 6.41. The first-order valence-electron chi connectivity index (χ1n) is 8.69. The number of carbonyl (C=O) groups is 1. The summed E-state index contributed by atoms with van der Waals surface area (Å²) in [6, 6.07) is 12.7. The molecule has 0 radical (unpaired) electrons. The van der Waals surface area contributed by atoms with E-state index in [-0.39, 0.29) is 16.8 Å². The summed E-state index contributed by atoms with van der Waals surface area (Å²) >= 11 is 0. The molecule has 1 heterocycles. The van der Waals surface area contributed by atoms with Gasteiger partial charge in [0.05, 0.1) is 12.0 Å². The Bertz CT molecular complexity index is 896. The molecule has 144 valence electrons. The molecule has 2 aromatic rings. The maximum Gasteiger partial charge on any atom is 0.261 e. The minimum absolute atomic E-state index is 0.0870. The van der Waals surface area contributed by atoms with Crippen molar-refractivity contribution in [1.82, 2.24) is 10.2 Å². The van der Waals surface area contributed by atoms with E-state index in [1.807, 2.05) is 6.92 Å². The number of nitrogens with zero attached hydrogens (tertiary/aromatic N) is 1. The van der Waals surface area contributed by atoms with E-state index in [2.05, 4.69) is 10.0 Å². The van der Waals surface area contributed by atoms with Crippen LogP contribution in [-0.4, -0.2) is 52.0 Å². The largest absolute Gasteiger partial charge is 0.497 e. The minimum Gasteiger partial charge on any atom is -0.497 e. The maximum atomic E-state index is 12.6. The average molecular weight is 389 g/mol. The fraction of sp³-hybridized carbons (Fsp3) is 0.316. The molecule has 8 heteroatoms. The lowest BCUT2D eigenvalue weighted by Gasteiger charge is -2.34. The van der Waals surface area contributed by atoms with Crippen LogP contribution in [0.25, 0.3) is 0 Å². The molecule has 1 fully saturated rings. The van der Waals surface area contributed by atoms with E-state index in [0.29, 0.717) is 23.5 Å². The van der Waals surface area contributed by atoms with Gasteiger partial charge in [-0.15, -0.1) is 0 Å². The third kappa shape index (κ3) is 4.40. The first-order chi connectivity index (χ1) is 12.9. The Hall–Kier alpha value is -2.58. The molecule has 1 saturated heterocycles. The normalized spacial score (nSPS) is 17.4. The van der Waals surface area contributed by atoms with Crippen LogP contribution in [-0.2, 0) is 10.0 Å². The second kappa shape index (κ2) is 7.98. The Kier molecular flexibility index (Phi) is 5.67. The van der Waals surface area contributed by atoms with Crippen molar-refractivity contribution in [1.29, 1.82) is 0 Å². The number of methoxy groups -OCH3 is 1.